The quantitative estimate of drug-likeness (QED) is 0.845. The number of amides is 1. The van der Waals surface area contributed by atoms with Crippen molar-refractivity contribution in [1.29, 1.82) is 0 Å². The first kappa shape index (κ1) is 11.0. The summed E-state index contributed by atoms with van der Waals surface area (Å²) in [7, 11) is 0. The summed E-state index contributed by atoms with van der Waals surface area (Å²) in [6.45, 7) is 0. The van der Waals surface area contributed by atoms with E-state index in [-0.39, 0.29) is 5.91 Å². The fourth-order valence-corrected chi connectivity index (χ4v) is 1.90. The van der Waals surface area contributed by atoms with E-state index in [4.69, 9.17) is 0 Å². The zero-order valence-electron chi connectivity index (χ0n) is 9.64. The van der Waals surface area contributed by atoms with Crippen LogP contribution in [0.25, 0.3) is 0 Å². The zero-order chi connectivity index (χ0) is 12.5. The first-order valence-corrected chi connectivity index (χ1v) is 5.84. The summed E-state index contributed by atoms with van der Waals surface area (Å²) < 4.78 is 14.6. The van der Waals surface area contributed by atoms with Crippen molar-refractivity contribution in [3.63, 3.8) is 0 Å². The molecule has 0 radical (unpaired) electrons. The summed E-state index contributed by atoms with van der Waals surface area (Å²) in [5.74, 6) is -0.755. The molecule has 0 aliphatic heterocycles. The van der Waals surface area contributed by atoms with Gasteiger partial charge in [0.15, 0.2) is 0 Å². The van der Waals surface area contributed by atoms with Gasteiger partial charge in [-0.2, -0.15) is 4.39 Å². The van der Waals surface area contributed by atoms with Gasteiger partial charge in [-0.15, -0.1) is 0 Å². The number of hydrogen-bond donors (Lipinski definition) is 1. The van der Waals surface area contributed by atoms with Gasteiger partial charge in [-0.05, 0) is 37.1 Å². The third-order valence-corrected chi connectivity index (χ3v) is 2.94. The van der Waals surface area contributed by atoms with Gasteiger partial charge in [0.05, 0.1) is 11.9 Å². The minimum absolute atomic E-state index is 0.194. The Morgan fingerprint density at radius 1 is 1.39 bits per heavy atom. The lowest BCUT2D eigenvalue weighted by atomic mass is 10.3. The molecule has 92 valence electrons. The minimum Gasteiger partial charge on any atom is -0.340 e. The summed E-state index contributed by atoms with van der Waals surface area (Å²) in [6.07, 6.45) is 5.45. The van der Waals surface area contributed by atoms with Gasteiger partial charge in [-0.25, -0.2) is 4.98 Å². The number of halogens is 1. The molecule has 2 heterocycles. The normalized spacial score (nSPS) is 14.5. The summed E-state index contributed by atoms with van der Waals surface area (Å²) >= 11 is 0. The van der Waals surface area contributed by atoms with E-state index in [0.29, 0.717) is 17.4 Å². The smallest absolute Gasteiger partial charge is 0.272 e. The van der Waals surface area contributed by atoms with E-state index in [9.17, 15) is 9.18 Å². The molecule has 1 N–H and O–H groups in total. The van der Waals surface area contributed by atoms with Crippen LogP contribution in [-0.2, 0) is 0 Å². The van der Waals surface area contributed by atoms with Gasteiger partial charge in [0, 0.05) is 12.2 Å². The molecule has 5 heteroatoms. The number of anilines is 1. The highest BCUT2D eigenvalue weighted by atomic mass is 19.1. The maximum absolute atomic E-state index is 12.6. The van der Waals surface area contributed by atoms with E-state index in [1.54, 1.807) is 6.07 Å². The third kappa shape index (κ3) is 2.11. The van der Waals surface area contributed by atoms with Crippen LogP contribution in [0, 0.1) is 5.95 Å². The number of nitrogens with zero attached hydrogens (tertiary/aromatic N) is 2. The van der Waals surface area contributed by atoms with E-state index in [1.165, 1.54) is 18.3 Å². The summed E-state index contributed by atoms with van der Waals surface area (Å²) in [5.41, 5.74) is 1.12. The lowest BCUT2D eigenvalue weighted by Gasteiger charge is -2.08. The van der Waals surface area contributed by atoms with Crippen LogP contribution in [0.2, 0.25) is 0 Å². The molecule has 2 aromatic rings. The number of aromatic nitrogens is 2. The molecule has 0 unspecified atom stereocenters. The third-order valence-electron chi connectivity index (χ3n) is 2.94. The summed E-state index contributed by atoms with van der Waals surface area (Å²) in [6, 6.07) is 6.80. The molecule has 1 amide bonds. The van der Waals surface area contributed by atoms with Crippen LogP contribution in [0.15, 0.2) is 36.7 Å². The Hall–Kier alpha value is -2.17. The van der Waals surface area contributed by atoms with Crippen molar-refractivity contribution < 1.29 is 9.18 Å². The van der Waals surface area contributed by atoms with Crippen LogP contribution in [0.4, 0.5) is 10.1 Å². The number of rotatable bonds is 3. The lowest BCUT2D eigenvalue weighted by molar-refractivity contribution is 0.101. The molecule has 4 nitrogen and oxygen atoms in total. The van der Waals surface area contributed by atoms with Crippen LogP contribution < -0.4 is 5.32 Å². The molecule has 1 aliphatic rings. The minimum atomic E-state index is -0.561. The highest BCUT2D eigenvalue weighted by Crippen LogP contribution is 2.36. The summed E-state index contributed by atoms with van der Waals surface area (Å²) in [4.78, 5) is 15.6. The van der Waals surface area contributed by atoms with E-state index in [2.05, 4.69) is 10.3 Å². The second-order valence-electron chi connectivity index (χ2n) is 4.36. The molecule has 0 bridgehead atoms. The predicted octanol–water partition coefficient (Wildman–Crippen LogP) is 2.61. The van der Waals surface area contributed by atoms with Gasteiger partial charge in [0.25, 0.3) is 5.91 Å². The molecule has 1 fully saturated rings. The largest absolute Gasteiger partial charge is 0.340 e. The van der Waals surface area contributed by atoms with Gasteiger partial charge >= 0.3 is 0 Å². The van der Waals surface area contributed by atoms with Crippen molar-refractivity contribution in [3.8, 4) is 0 Å². The Morgan fingerprint density at radius 2 is 2.22 bits per heavy atom. The Kier molecular flexibility index (Phi) is 2.59. The fraction of sp³-hybridized carbons (Fsp3) is 0.231. The van der Waals surface area contributed by atoms with Crippen molar-refractivity contribution in [2.45, 2.75) is 18.9 Å². The second kappa shape index (κ2) is 4.25. The van der Waals surface area contributed by atoms with Crippen molar-refractivity contribution in [1.82, 2.24) is 9.55 Å². The molecule has 0 spiro atoms. The van der Waals surface area contributed by atoms with Crippen LogP contribution in [-0.4, -0.2) is 15.5 Å². The maximum atomic E-state index is 12.6. The number of carbonyl (C=O) groups is 1. The highest BCUT2D eigenvalue weighted by molar-refractivity contribution is 6.03. The van der Waals surface area contributed by atoms with Gasteiger partial charge in [-0.1, -0.05) is 0 Å². The Balaban J connectivity index is 1.78. The van der Waals surface area contributed by atoms with Crippen molar-refractivity contribution in [2.75, 3.05) is 5.32 Å². The molecule has 2 aromatic heterocycles. The van der Waals surface area contributed by atoms with E-state index >= 15 is 0 Å². The van der Waals surface area contributed by atoms with Gasteiger partial charge in [0.2, 0.25) is 5.95 Å². The fourth-order valence-electron chi connectivity index (χ4n) is 1.90. The Labute approximate surface area is 103 Å². The van der Waals surface area contributed by atoms with Gasteiger partial charge in [-0.3, -0.25) is 4.79 Å². The van der Waals surface area contributed by atoms with Crippen LogP contribution in [0.5, 0.6) is 0 Å². The van der Waals surface area contributed by atoms with E-state index < -0.39 is 5.95 Å². The zero-order valence-corrected chi connectivity index (χ0v) is 9.64. The van der Waals surface area contributed by atoms with Gasteiger partial charge < -0.3 is 9.88 Å². The molecule has 1 aliphatic carbocycles. The number of nitrogens with one attached hydrogen (secondary N) is 1. The molecular formula is C13H12FN3O. The maximum Gasteiger partial charge on any atom is 0.272 e. The highest BCUT2D eigenvalue weighted by Gasteiger charge is 2.26. The topological polar surface area (TPSA) is 46.9 Å². The molecule has 18 heavy (non-hydrogen) atoms. The van der Waals surface area contributed by atoms with Crippen molar-refractivity contribution in [2.24, 2.45) is 0 Å². The average molecular weight is 245 g/mol. The van der Waals surface area contributed by atoms with Gasteiger partial charge in [0.1, 0.15) is 5.69 Å². The molecule has 1 saturated carbocycles. The first-order valence-electron chi connectivity index (χ1n) is 5.84. The monoisotopic (exact) mass is 245 g/mol. The lowest BCUT2D eigenvalue weighted by Crippen LogP contribution is -2.16. The van der Waals surface area contributed by atoms with Crippen LogP contribution in [0.1, 0.15) is 29.4 Å². The van der Waals surface area contributed by atoms with Crippen LogP contribution in [0.3, 0.4) is 0 Å². The first-order chi connectivity index (χ1) is 8.74. The Morgan fingerprint density at radius 3 is 2.89 bits per heavy atom. The standard InChI is InChI=1S/C13H12FN3O/c14-12-6-3-9(8-15-12)16-13(18)11-2-1-7-17(11)10-4-5-10/h1-3,6-8,10H,4-5H2,(H,16,18). The summed E-state index contributed by atoms with van der Waals surface area (Å²) in [5, 5.41) is 2.71. The van der Waals surface area contributed by atoms with Crippen molar-refractivity contribution in [3.05, 3.63) is 48.3 Å². The molecule has 0 saturated heterocycles. The van der Waals surface area contributed by atoms with E-state index in [1.807, 2.05) is 16.8 Å². The average Bonchev–Trinajstić information content (AvgIpc) is 3.09. The van der Waals surface area contributed by atoms with Crippen LogP contribution >= 0.6 is 0 Å². The van der Waals surface area contributed by atoms with Crippen molar-refractivity contribution >= 4 is 11.6 Å². The molecule has 0 atom stereocenters. The molecule has 0 aromatic carbocycles. The predicted molar refractivity (Wildman–Crippen MR) is 64.9 cm³/mol. The SMILES string of the molecule is O=C(Nc1ccc(F)nc1)c1cccn1C1CC1. The molecular weight excluding hydrogens is 233 g/mol. The number of carbonyl (C=O) groups excluding carboxylic acids is 1. The van der Waals surface area contributed by atoms with E-state index in [0.717, 1.165) is 12.8 Å². The number of hydrogen-bond acceptors (Lipinski definition) is 2. The number of pyridine rings is 1. The molecule has 3 rings (SSSR count). The second-order valence-corrected chi connectivity index (χ2v) is 4.36. The Bertz CT molecular complexity index is 572.